The van der Waals surface area contributed by atoms with E-state index in [0.717, 1.165) is 77.0 Å². The minimum absolute atomic E-state index is 0.000405. The van der Waals surface area contributed by atoms with E-state index in [1.807, 2.05) is 30.3 Å². The predicted octanol–water partition coefficient (Wildman–Crippen LogP) is 7.50. The number of hydrogen-bond acceptors (Lipinski definition) is 6. The highest BCUT2D eigenvalue weighted by Gasteiger charge is 2.24. The van der Waals surface area contributed by atoms with Crippen LogP contribution >= 0.6 is 23.2 Å². The summed E-state index contributed by atoms with van der Waals surface area (Å²) in [4.78, 5) is 26.8. The highest BCUT2D eigenvalue weighted by Crippen LogP contribution is 2.44. The summed E-state index contributed by atoms with van der Waals surface area (Å²) in [5, 5.41) is 30.8. The van der Waals surface area contributed by atoms with Crippen molar-refractivity contribution in [3.05, 3.63) is 104 Å². The number of rotatable bonds is 11. The second-order valence-electron chi connectivity index (χ2n) is 14.0. The van der Waals surface area contributed by atoms with Crippen LogP contribution < -0.4 is 0 Å². The minimum atomic E-state index is -0.995. The Balaban J connectivity index is 1.26. The van der Waals surface area contributed by atoms with E-state index in [1.165, 1.54) is 29.2 Å². The zero-order valence-electron chi connectivity index (χ0n) is 28.8. The number of ketones is 1. The molecule has 3 N–H and O–H groups in total. The molecule has 7 nitrogen and oxygen atoms in total. The number of aliphatic carboxylic acids is 1. The number of β-amino-alcohol motifs (C(OH)–C–C–N with tert-alkyl or cyclic N) is 2. The van der Waals surface area contributed by atoms with Crippen LogP contribution in [0.25, 0.3) is 33.4 Å². The van der Waals surface area contributed by atoms with Gasteiger partial charge in [0.2, 0.25) is 0 Å². The number of carbonyl (C=O) groups is 2. The smallest absolute Gasteiger partial charge is 0.306 e. The Bertz CT molecular complexity index is 1800. The predicted molar refractivity (Wildman–Crippen MR) is 200 cm³/mol. The van der Waals surface area contributed by atoms with Crippen molar-refractivity contribution in [2.75, 3.05) is 26.2 Å². The summed E-state index contributed by atoms with van der Waals surface area (Å²) in [5.41, 5.74) is 12.9. The monoisotopic (exact) mass is 714 g/mol. The van der Waals surface area contributed by atoms with E-state index < -0.39 is 18.2 Å². The Morgan fingerprint density at radius 1 is 0.660 bits per heavy atom. The molecular formula is C41H44Cl2N2O5. The quantitative estimate of drug-likeness (QED) is 0.148. The molecule has 2 heterocycles. The molecule has 262 valence electrons. The number of benzene rings is 4. The summed E-state index contributed by atoms with van der Waals surface area (Å²) in [6.07, 6.45) is 0.0298. The molecule has 2 aliphatic heterocycles. The first kappa shape index (κ1) is 36.2. The molecule has 2 atom stereocenters. The standard InChI is InChI=1S/C41H44Cl2N2O5/c1-24-14-29-20-44(22-31(47)16-26(3)46)12-10-27(29)17-37(24)35-8-4-6-33(40(35)42)34-7-5-9-36(41(34)43)38-18-28-11-13-45(21-30(28)15-25(38)2)23-32(48)19-39(49)50/h4-9,14-15,17-18,31-32,47-48H,10-13,16,19-23H2,1-3H3,(H,49,50). The molecule has 0 spiro atoms. The van der Waals surface area contributed by atoms with Crippen LogP contribution in [0.15, 0.2) is 60.7 Å². The largest absolute Gasteiger partial charge is 0.481 e. The third kappa shape index (κ3) is 7.99. The lowest BCUT2D eigenvalue weighted by Gasteiger charge is -2.31. The van der Waals surface area contributed by atoms with Gasteiger partial charge in [0, 0.05) is 67.9 Å². The van der Waals surface area contributed by atoms with Crippen LogP contribution in [0.2, 0.25) is 10.0 Å². The van der Waals surface area contributed by atoms with Gasteiger partial charge in [-0.1, -0.05) is 83.9 Å². The highest BCUT2D eigenvalue weighted by atomic mass is 35.5. The Kier molecular flexibility index (Phi) is 11.1. The molecule has 0 saturated heterocycles. The van der Waals surface area contributed by atoms with Crippen molar-refractivity contribution in [3.63, 3.8) is 0 Å². The van der Waals surface area contributed by atoms with E-state index >= 15 is 0 Å². The number of fused-ring (bicyclic) bond motifs is 2. The van der Waals surface area contributed by atoms with Gasteiger partial charge in [0.1, 0.15) is 5.78 Å². The summed E-state index contributed by atoms with van der Waals surface area (Å²) in [7, 11) is 0. The van der Waals surface area contributed by atoms with Crippen LogP contribution in [-0.2, 0) is 35.5 Å². The Labute approximate surface area is 304 Å². The third-order valence-electron chi connectivity index (χ3n) is 10.0. The van der Waals surface area contributed by atoms with Gasteiger partial charge in [-0.3, -0.25) is 19.4 Å². The number of Topliss-reactive ketones (excluding diaryl/α,β-unsaturated/α-hetero) is 1. The lowest BCUT2D eigenvalue weighted by atomic mass is 9.88. The average molecular weight is 716 g/mol. The van der Waals surface area contributed by atoms with E-state index in [1.54, 1.807) is 0 Å². The number of aryl methyl sites for hydroxylation is 2. The van der Waals surface area contributed by atoms with Gasteiger partial charge in [-0.05, 0) is 78.1 Å². The summed E-state index contributed by atoms with van der Waals surface area (Å²) >= 11 is 14.5. The number of aliphatic hydroxyl groups excluding tert-OH is 2. The molecule has 50 heavy (non-hydrogen) atoms. The van der Waals surface area contributed by atoms with Crippen LogP contribution in [0.3, 0.4) is 0 Å². The van der Waals surface area contributed by atoms with E-state index in [2.05, 4.69) is 54.0 Å². The van der Waals surface area contributed by atoms with Crippen molar-refractivity contribution in [1.29, 1.82) is 0 Å². The molecule has 0 radical (unpaired) electrons. The Morgan fingerprint density at radius 2 is 1.06 bits per heavy atom. The second-order valence-corrected chi connectivity index (χ2v) is 14.7. The molecule has 6 rings (SSSR count). The van der Waals surface area contributed by atoms with Crippen LogP contribution in [-0.4, -0.2) is 75.3 Å². The van der Waals surface area contributed by atoms with Gasteiger partial charge in [-0.2, -0.15) is 0 Å². The van der Waals surface area contributed by atoms with Crippen molar-refractivity contribution in [1.82, 2.24) is 9.80 Å². The van der Waals surface area contributed by atoms with Gasteiger partial charge in [0.15, 0.2) is 0 Å². The van der Waals surface area contributed by atoms with Crippen LogP contribution in [0.1, 0.15) is 53.1 Å². The van der Waals surface area contributed by atoms with E-state index in [-0.39, 0.29) is 18.6 Å². The number of carboxylic acids is 1. The normalized spacial score (nSPS) is 16.1. The first-order chi connectivity index (χ1) is 23.9. The number of carboxylic acid groups (broad SMARTS) is 1. The molecule has 2 unspecified atom stereocenters. The molecule has 0 amide bonds. The zero-order valence-corrected chi connectivity index (χ0v) is 30.3. The van der Waals surface area contributed by atoms with E-state index in [4.69, 9.17) is 28.3 Å². The number of nitrogens with zero attached hydrogens (tertiary/aromatic N) is 2. The maximum atomic E-state index is 11.5. The zero-order chi connectivity index (χ0) is 35.7. The van der Waals surface area contributed by atoms with E-state index in [9.17, 15) is 19.8 Å². The van der Waals surface area contributed by atoms with Crippen molar-refractivity contribution < 1.29 is 24.9 Å². The lowest BCUT2D eigenvalue weighted by Crippen LogP contribution is -2.37. The van der Waals surface area contributed by atoms with Crippen molar-refractivity contribution in [3.8, 4) is 33.4 Å². The fourth-order valence-electron chi connectivity index (χ4n) is 7.63. The number of halogens is 2. The first-order valence-electron chi connectivity index (χ1n) is 17.2. The number of carbonyl (C=O) groups excluding carboxylic acids is 1. The SMILES string of the molecule is CC(=O)CC(O)CN1CCc2cc(-c3cccc(-c4cccc(-c5cc6c(cc5C)CN(CC(O)CC(=O)O)CC6)c4Cl)c3Cl)c(C)cc2C1. The molecule has 4 aromatic rings. The molecular weight excluding hydrogens is 671 g/mol. The maximum Gasteiger partial charge on any atom is 0.306 e. The fraction of sp³-hybridized carbons (Fsp3) is 0.366. The van der Waals surface area contributed by atoms with Crippen LogP contribution in [0, 0.1) is 13.8 Å². The van der Waals surface area contributed by atoms with Crippen molar-refractivity contribution in [2.24, 2.45) is 0 Å². The van der Waals surface area contributed by atoms with Gasteiger partial charge >= 0.3 is 5.97 Å². The summed E-state index contributed by atoms with van der Waals surface area (Å²) in [6, 6.07) is 21.1. The van der Waals surface area contributed by atoms with Crippen molar-refractivity contribution >= 4 is 35.0 Å². The lowest BCUT2D eigenvalue weighted by molar-refractivity contribution is -0.139. The fourth-order valence-corrected chi connectivity index (χ4v) is 8.29. The topological polar surface area (TPSA) is 101 Å². The molecule has 0 aromatic heterocycles. The summed E-state index contributed by atoms with van der Waals surface area (Å²) < 4.78 is 0. The summed E-state index contributed by atoms with van der Waals surface area (Å²) in [6.45, 7) is 9.47. The van der Waals surface area contributed by atoms with Gasteiger partial charge < -0.3 is 15.3 Å². The molecule has 0 aliphatic carbocycles. The van der Waals surface area contributed by atoms with Crippen LogP contribution in [0.4, 0.5) is 0 Å². The van der Waals surface area contributed by atoms with Gasteiger partial charge in [-0.15, -0.1) is 0 Å². The number of aliphatic hydroxyl groups is 2. The van der Waals surface area contributed by atoms with Gasteiger partial charge in [0.25, 0.3) is 0 Å². The maximum absolute atomic E-state index is 11.5. The van der Waals surface area contributed by atoms with Crippen molar-refractivity contribution in [2.45, 2.75) is 71.8 Å². The third-order valence-corrected chi connectivity index (χ3v) is 10.8. The molecule has 4 aromatic carbocycles. The molecule has 0 saturated carbocycles. The van der Waals surface area contributed by atoms with E-state index in [0.29, 0.717) is 29.7 Å². The molecule has 0 bridgehead atoms. The Hall–Kier alpha value is -3.56. The second kappa shape index (κ2) is 15.4. The average Bonchev–Trinajstić information content (AvgIpc) is 3.04. The highest BCUT2D eigenvalue weighted by molar-refractivity contribution is 6.39. The van der Waals surface area contributed by atoms with Gasteiger partial charge in [0.05, 0.1) is 28.7 Å². The molecule has 2 aliphatic rings. The summed E-state index contributed by atoms with van der Waals surface area (Å²) in [5.74, 6) is -0.995. The number of hydrogen-bond donors (Lipinski definition) is 3. The first-order valence-corrected chi connectivity index (χ1v) is 18.0. The minimum Gasteiger partial charge on any atom is -0.481 e. The van der Waals surface area contributed by atoms with Crippen LogP contribution in [0.5, 0.6) is 0 Å². The molecule has 9 heteroatoms. The van der Waals surface area contributed by atoms with Gasteiger partial charge in [-0.25, -0.2) is 0 Å². The Morgan fingerprint density at radius 3 is 1.46 bits per heavy atom. The molecule has 0 fully saturated rings.